The fourth-order valence-electron chi connectivity index (χ4n) is 2.83. The fourth-order valence-corrected chi connectivity index (χ4v) is 2.91. The molecule has 3 rings (SSSR count). The van der Waals surface area contributed by atoms with Gasteiger partial charge in [0.05, 0.1) is 44.0 Å². The number of halogens is 1. The summed E-state index contributed by atoms with van der Waals surface area (Å²) in [5.41, 5.74) is 0. The molecule has 136 valence electrons. The number of alkyl halides is 1. The molecule has 0 amide bonds. The van der Waals surface area contributed by atoms with Crippen molar-refractivity contribution in [3.05, 3.63) is 12.8 Å². The molecular weight excluding hydrogens is 355 g/mol. The molecule has 1 saturated heterocycles. The summed E-state index contributed by atoms with van der Waals surface area (Å²) in [4.78, 5) is 0. The van der Waals surface area contributed by atoms with Gasteiger partial charge in [-0.05, 0) is 0 Å². The monoisotopic (exact) mass is 385 g/mol. The van der Waals surface area contributed by atoms with Crippen LogP contribution in [0.4, 0.5) is 0 Å². The molecule has 1 heterocycles. The van der Waals surface area contributed by atoms with Gasteiger partial charge >= 0.3 is 51.4 Å². The molecule has 2 unspecified atom stereocenters. The first-order valence-corrected chi connectivity index (χ1v) is 9.53. The van der Waals surface area contributed by atoms with E-state index in [0.717, 1.165) is 38.9 Å². The predicted molar refractivity (Wildman–Crippen MR) is 91.5 cm³/mol. The van der Waals surface area contributed by atoms with Crippen LogP contribution < -0.4 is 51.4 Å². The maximum Gasteiger partial charge on any atom is 1.00 e. The Morgan fingerprint density at radius 3 is 1.96 bits per heavy atom. The molecule has 2 aliphatic carbocycles. The van der Waals surface area contributed by atoms with E-state index in [1.54, 1.807) is 0 Å². The van der Waals surface area contributed by atoms with Crippen LogP contribution in [0.25, 0.3) is 0 Å². The van der Waals surface area contributed by atoms with Crippen LogP contribution in [0.1, 0.15) is 51.4 Å². The van der Waals surface area contributed by atoms with Gasteiger partial charge < -0.3 is 32.2 Å². The van der Waals surface area contributed by atoms with E-state index < -0.39 is 6.10 Å². The topological polar surface area (TPSA) is 51.2 Å². The Balaban J connectivity index is 0.000000231. The minimum absolute atomic E-state index is 0. The second-order valence-electron chi connectivity index (χ2n) is 6.56. The first kappa shape index (κ1) is 23.8. The van der Waals surface area contributed by atoms with Gasteiger partial charge in [0.1, 0.15) is 6.10 Å². The fraction of sp³-hybridized carbons (Fsp3) is 0.889. The van der Waals surface area contributed by atoms with Crippen molar-refractivity contribution in [1.82, 2.24) is 0 Å². The standard InChI is InChI=1S/C9H16ClO2.C9H15O2.K/c10-6-8(11)7-12-9-4-2-1-3-5-9;1-2-4-8(5-3-1)10-6-9-7-11-9;/h1,8-9,11H,2-7H2;1,8-9H,2-7H2;/q2*-1;+1. The summed E-state index contributed by atoms with van der Waals surface area (Å²) in [5.74, 6) is 0.263. The van der Waals surface area contributed by atoms with Crippen molar-refractivity contribution < 1.29 is 70.7 Å². The Bertz CT molecular complexity index is 293. The number of aliphatic hydroxyl groups excluding tert-OH is 1. The average Bonchev–Trinajstić information content (AvgIpc) is 3.45. The van der Waals surface area contributed by atoms with Crippen molar-refractivity contribution in [1.29, 1.82) is 0 Å². The maximum atomic E-state index is 9.12. The third-order valence-electron chi connectivity index (χ3n) is 4.39. The molecule has 3 fully saturated rings. The van der Waals surface area contributed by atoms with Crippen molar-refractivity contribution in [3.63, 3.8) is 0 Å². The predicted octanol–water partition coefficient (Wildman–Crippen LogP) is 0.302. The van der Waals surface area contributed by atoms with E-state index in [1.807, 2.05) is 0 Å². The molecule has 4 nitrogen and oxygen atoms in total. The molecule has 0 aromatic carbocycles. The van der Waals surface area contributed by atoms with E-state index in [1.165, 1.54) is 25.7 Å². The SMILES string of the molecule is OC(CCl)COC1CC[CH-]CC1.[CH-]1CCC(OCC2CO2)CC1.[K+]. The van der Waals surface area contributed by atoms with E-state index in [2.05, 4.69) is 12.8 Å². The first-order chi connectivity index (χ1) is 11.3. The summed E-state index contributed by atoms with van der Waals surface area (Å²) in [7, 11) is 0. The second-order valence-corrected chi connectivity index (χ2v) is 6.87. The van der Waals surface area contributed by atoms with Gasteiger partial charge in [-0.25, -0.2) is 0 Å². The molecule has 1 aliphatic heterocycles. The van der Waals surface area contributed by atoms with Crippen LogP contribution in [0.5, 0.6) is 0 Å². The Morgan fingerprint density at radius 2 is 1.50 bits per heavy atom. The number of hydrogen-bond donors (Lipinski definition) is 1. The van der Waals surface area contributed by atoms with Crippen molar-refractivity contribution in [2.45, 2.75) is 75.8 Å². The van der Waals surface area contributed by atoms with Crippen LogP contribution in [-0.4, -0.2) is 55.2 Å². The van der Waals surface area contributed by atoms with Crippen molar-refractivity contribution in [2.24, 2.45) is 0 Å². The smallest absolute Gasteiger partial charge is 0.389 e. The number of epoxide rings is 1. The summed E-state index contributed by atoms with van der Waals surface area (Å²) >= 11 is 5.43. The Hall–Kier alpha value is 1.77. The average molecular weight is 386 g/mol. The molecule has 1 N–H and O–H groups in total. The number of ether oxygens (including phenoxy) is 3. The zero-order chi connectivity index (χ0) is 16.3. The van der Waals surface area contributed by atoms with Crippen LogP contribution in [0.15, 0.2) is 0 Å². The summed E-state index contributed by atoms with van der Waals surface area (Å²) in [6, 6.07) is 0. The quantitative estimate of drug-likeness (QED) is 0.296. The molecule has 2 saturated carbocycles. The van der Waals surface area contributed by atoms with E-state index in [9.17, 15) is 0 Å². The molecular formula is C18H31ClKO4-. The van der Waals surface area contributed by atoms with Gasteiger partial charge in [0, 0.05) is 0 Å². The van der Waals surface area contributed by atoms with Crippen LogP contribution >= 0.6 is 11.6 Å². The van der Waals surface area contributed by atoms with Crippen LogP contribution in [0.2, 0.25) is 0 Å². The van der Waals surface area contributed by atoms with Crippen LogP contribution in [0, 0.1) is 12.8 Å². The molecule has 6 heteroatoms. The van der Waals surface area contributed by atoms with Gasteiger partial charge in [0.15, 0.2) is 0 Å². The Morgan fingerprint density at radius 1 is 1.00 bits per heavy atom. The molecule has 3 aliphatic rings. The summed E-state index contributed by atoms with van der Waals surface area (Å²) in [6.07, 6.45) is 14.8. The van der Waals surface area contributed by atoms with Crippen LogP contribution in [0.3, 0.4) is 0 Å². The molecule has 24 heavy (non-hydrogen) atoms. The molecule has 0 bridgehead atoms. The first-order valence-electron chi connectivity index (χ1n) is 9.00. The number of aliphatic hydroxyl groups is 1. The van der Waals surface area contributed by atoms with E-state index in [-0.39, 0.29) is 57.3 Å². The van der Waals surface area contributed by atoms with E-state index in [0.29, 0.717) is 24.9 Å². The Labute approximate surface area is 194 Å². The summed E-state index contributed by atoms with van der Waals surface area (Å²) in [5, 5.41) is 9.12. The molecule has 0 radical (unpaired) electrons. The van der Waals surface area contributed by atoms with Gasteiger partial charge in [0.2, 0.25) is 0 Å². The Kier molecular flexibility index (Phi) is 14.7. The molecule has 2 atom stereocenters. The third-order valence-corrected chi connectivity index (χ3v) is 4.75. The largest absolute Gasteiger partial charge is 1.00 e. The maximum absolute atomic E-state index is 9.12. The molecule has 0 aromatic rings. The number of rotatable bonds is 7. The van der Waals surface area contributed by atoms with E-state index in [4.69, 9.17) is 30.9 Å². The van der Waals surface area contributed by atoms with Gasteiger partial charge in [0.25, 0.3) is 0 Å². The minimum Gasteiger partial charge on any atom is -0.389 e. The summed E-state index contributed by atoms with van der Waals surface area (Å²) < 4.78 is 16.2. The van der Waals surface area contributed by atoms with Gasteiger partial charge in [-0.1, -0.05) is 25.7 Å². The minimum atomic E-state index is -0.502. The third kappa shape index (κ3) is 11.5. The second kappa shape index (κ2) is 14.8. The van der Waals surface area contributed by atoms with Crippen molar-refractivity contribution in [2.75, 3.05) is 25.7 Å². The zero-order valence-corrected chi connectivity index (χ0v) is 18.9. The molecule has 0 aromatic heterocycles. The zero-order valence-electron chi connectivity index (χ0n) is 15.0. The van der Waals surface area contributed by atoms with Gasteiger partial charge in [-0.3, -0.25) is 0 Å². The van der Waals surface area contributed by atoms with E-state index >= 15 is 0 Å². The van der Waals surface area contributed by atoms with Gasteiger partial charge in [-0.15, -0.1) is 11.6 Å². The van der Waals surface area contributed by atoms with Crippen molar-refractivity contribution in [3.8, 4) is 0 Å². The normalized spacial score (nSPS) is 26.0. The summed E-state index contributed by atoms with van der Waals surface area (Å²) in [6.45, 7) is 2.12. The van der Waals surface area contributed by atoms with Gasteiger partial charge in [-0.2, -0.15) is 25.7 Å². The van der Waals surface area contributed by atoms with Crippen LogP contribution in [-0.2, 0) is 14.2 Å². The number of hydrogen-bond acceptors (Lipinski definition) is 4. The van der Waals surface area contributed by atoms with Crippen molar-refractivity contribution >= 4 is 11.6 Å². The molecule has 0 spiro atoms.